The van der Waals surface area contributed by atoms with E-state index in [0.29, 0.717) is 11.8 Å². The molecular weight excluding hydrogens is 336 g/mol. The Morgan fingerprint density at radius 3 is 3.00 bits per heavy atom. The Bertz CT molecular complexity index is 731. The molecule has 3 rings (SSSR count). The van der Waals surface area contributed by atoms with Crippen LogP contribution in [0.2, 0.25) is 0 Å². The van der Waals surface area contributed by atoms with Crippen molar-refractivity contribution in [2.45, 2.75) is 50.6 Å². The van der Waals surface area contributed by atoms with Gasteiger partial charge in [-0.3, -0.25) is 9.69 Å². The van der Waals surface area contributed by atoms with Crippen molar-refractivity contribution in [1.29, 1.82) is 0 Å². The van der Waals surface area contributed by atoms with E-state index < -0.39 is 0 Å². The number of nitrogens with zero attached hydrogens (tertiary/aromatic N) is 5. The van der Waals surface area contributed by atoms with E-state index in [9.17, 15) is 4.79 Å². The predicted molar refractivity (Wildman–Crippen MR) is 98.9 cm³/mol. The van der Waals surface area contributed by atoms with Gasteiger partial charge < -0.3 is 5.32 Å². The molecule has 1 aliphatic rings. The highest BCUT2D eigenvalue weighted by molar-refractivity contribution is 7.99. The van der Waals surface area contributed by atoms with Gasteiger partial charge in [0, 0.05) is 18.5 Å². The molecule has 0 bridgehead atoms. The second-order valence-electron chi connectivity index (χ2n) is 6.67. The number of likely N-dealkylation sites (tertiary alicyclic amines) is 1. The van der Waals surface area contributed by atoms with E-state index in [4.69, 9.17) is 0 Å². The largest absolute Gasteiger partial charge is 0.354 e. The summed E-state index contributed by atoms with van der Waals surface area (Å²) in [7, 11) is 0. The fraction of sp³-hybridized carbons (Fsp3) is 0.647. The molecule has 1 amide bonds. The molecule has 1 N–H and O–H groups in total. The third-order valence-electron chi connectivity index (χ3n) is 4.57. The molecule has 8 heteroatoms. The number of nitrogens with one attached hydrogen (secondary N) is 1. The minimum atomic E-state index is 0.0580. The fourth-order valence-electron chi connectivity index (χ4n) is 3.19. The zero-order chi connectivity index (χ0) is 17.8. The van der Waals surface area contributed by atoms with Gasteiger partial charge in [0.25, 0.3) is 0 Å². The Kier molecular flexibility index (Phi) is 5.90. The molecule has 2 aromatic heterocycles. The van der Waals surface area contributed by atoms with E-state index in [-0.39, 0.29) is 11.8 Å². The summed E-state index contributed by atoms with van der Waals surface area (Å²) in [5, 5.41) is 16.7. The number of thioether (sulfide) groups is 1. The van der Waals surface area contributed by atoms with E-state index in [2.05, 4.69) is 46.3 Å². The van der Waals surface area contributed by atoms with Crippen LogP contribution in [-0.2, 0) is 4.79 Å². The van der Waals surface area contributed by atoms with Gasteiger partial charge in [0.05, 0.1) is 5.75 Å². The maximum atomic E-state index is 12.1. The molecule has 0 aliphatic carbocycles. The molecule has 0 saturated carbocycles. The van der Waals surface area contributed by atoms with Crippen molar-refractivity contribution in [3.05, 3.63) is 18.0 Å². The lowest BCUT2D eigenvalue weighted by Gasteiger charge is -2.22. The summed E-state index contributed by atoms with van der Waals surface area (Å²) in [5.74, 6) is 1.51. The number of carbonyl (C=O) groups is 1. The van der Waals surface area contributed by atoms with E-state index >= 15 is 0 Å². The Morgan fingerprint density at radius 1 is 1.40 bits per heavy atom. The van der Waals surface area contributed by atoms with E-state index in [1.165, 1.54) is 24.6 Å². The van der Waals surface area contributed by atoms with E-state index in [0.717, 1.165) is 36.1 Å². The van der Waals surface area contributed by atoms with Crippen molar-refractivity contribution in [3.8, 4) is 0 Å². The van der Waals surface area contributed by atoms with Gasteiger partial charge >= 0.3 is 0 Å². The average molecular weight is 363 g/mol. The number of hydrogen-bond acceptors (Lipinski definition) is 6. The number of carbonyl (C=O) groups excluding carboxylic acids is 1. The Labute approximate surface area is 152 Å². The van der Waals surface area contributed by atoms with Crippen molar-refractivity contribution in [3.63, 3.8) is 0 Å². The summed E-state index contributed by atoms with van der Waals surface area (Å²) in [5.41, 5.74) is 0.735. The van der Waals surface area contributed by atoms with Crippen LogP contribution >= 0.6 is 11.8 Å². The number of aromatic nitrogens is 4. The van der Waals surface area contributed by atoms with Crippen molar-refractivity contribution in [2.75, 3.05) is 25.4 Å². The Balaban J connectivity index is 1.53. The lowest BCUT2D eigenvalue weighted by molar-refractivity contribution is -0.118. The van der Waals surface area contributed by atoms with Crippen LogP contribution in [0.5, 0.6) is 0 Å². The first-order chi connectivity index (χ1) is 12.1. The van der Waals surface area contributed by atoms with Gasteiger partial charge in [-0.25, -0.2) is 0 Å². The zero-order valence-electron chi connectivity index (χ0n) is 15.1. The number of likely N-dealkylation sites (N-methyl/N-ethyl adjacent to an activating group) is 1. The van der Waals surface area contributed by atoms with Crippen LogP contribution in [0.1, 0.15) is 45.4 Å². The third kappa shape index (κ3) is 4.30. The first-order valence-corrected chi connectivity index (χ1v) is 9.93. The smallest absolute Gasteiger partial charge is 0.230 e. The molecule has 0 aromatic carbocycles. The number of rotatable bonds is 7. The van der Waals surface area contributed by atoms with Gasteiger partial charge in [-0.1, -0.05) is 32.5 Å². The number of fused-ring (bicyclic) bond motifs is 1. The summed E-state index contributed by atoms with van der Waals surface area (Å²) < 4.78 is 1.77. The average Bonchev–Trinajstić information content (AvgIpc) is 3.23. The van der Waals surface area contributed by atoms with Gasteiger partial charge in [-0.2, -0.15) is 9.61 Å². The molecule has 3 heterocycles. The Hall–Kier alpha value is -1.67. The summed E-state index contributed by atoms with van der Waals surface area (Å²) >= 11 is 1.44. The van der Waals surface area contributed by atoms with Gasteiger partial charge in [0.2, 0.25) is 5.91 Å². The van der Waals surface area contributed by atoms with Crippen LogP contribution in [0.15, 0.2) is 17.2 Å². The molecule has 1 saturated heterocycles. The SMILES string of the molecule is CCN1CCC[C@H]1CNC(=O)CSc1ccc2nnc(C(C)C)n2n1. The lowest BCUT2D eigenvalue weighted by atomic mass is 10.2. The van der Waals surface area contributed by atoms with Crippen LogP contribution < -0.4 is 5.32 Å². The number of hydrogen-bond donors (Lipinski definition) is 1. The standard InChI is InChI=1S/C17H26N6OS/c1-4-22-9-5-6-13(22)10-18-15(24)11-25-16-8-7-14-19-20-17(12(2)3)23(14)21-16/h7-8,12-13H,4-6,9-11H2,1-3H3,(H,18,24)/t13-/m0/s1. The van der Waals surface area contributed by atoms with Crippen LogP contribution in [0, 0.1) is 0 Å². The molecule has 0 radical (unpaired) electrons. The van der Waals surface area contributed by atoms with E-state index in [1.807, 2.05) is 12.1 Å². The van der Waals surface area contributed by atoms with Crippen LogP contribution in [0.25, 0.3) is 5.65 Å². The van der Waals surface area contributed by atoms with Crippen molar-refractivity contribution < 1.29 is 4.79 Å². The first kappa shape index (κ1) is 18.1. The summed E-state index contributed by atoms with van der Waals surface area (Å²) in [6, 6.07) is 4.27. The molecule has 1 atom stereocenters. The van der Waals surface area contributed by atoms with Crippen molar-refractivity contribution >= 4 is 23.3 Å². The summed E-state index contributed by atoms with van der Waals surface area (Å²) in [4.78, 5) is 14.6. The maximum absolute atomic E-state index is 12.1. The minimum absolute atomic E-state index is 0.0580. The fourth-order valence-corrected chi connectivity index (χ4v) is 3.88. The highest BCUT2D eigenvalue weighted by Gasteiger charge is 2.23. The van der Waals surface area contributed by atoms with Crippen LogP contribution in [-0.4, -0.2) is 62.0 Å². The molecule has 2 aromatic rings. The highest BCUT2D eigenvalue weighted by Crippen LogP contribution is 2.19. The quantitative estimate of drug-likeness (QED) is 0.759. The maximum Gasteiger partial charge on any atom is 0.230 e. The van der Waals surface area contributed by atoms with E-state index in [1.54, 1.807) is 4.52 Å². The topological polar surface area (TPSA) is 75.4 Å². The second kappa shape index (κ2) is 8.14. The molecule has 7 nitrogen and oxygen atoms in total. The molecule has 25 heavy (non-hydrogen) atoms. The highest BCUT2D eigenvalue weighted by atomic mass is 32.2. The Morgan fingerprint density at radius 2 is 2.24 bits per heavy atom. The molecule has 0 unspecified atom stereocenters. The normalized spacial score (nSPS) is 18.3. The van der Waals surface area contributed by atoms with Crippen LogP contribution in [0.4, 0.5) is 0 Å². The third-order valence-corrected chi connectivity index (χ3v) is 5.49. The molecule has 0 spiro atoms. The molecule has 136 valence electrons. The summed E-state index contributed by atoms with van der Waals surface area (Å²) in [6.07, 6.45) is 2.40. The van der Waals surface area contributed by atoms with Crippen molar-refractivity contribution in [1.82, 2.24) is 30.0 Å². The van der Waals surface area contributed by atoms with Gasteiger partial charge in [-0.15, -0.1) is 10.2 Å². The number of amides is 1. The van der Waals surface area contributed by atoms with Gasteiger partial charge in [0.15, 0.2) is 11.5 Å². The first-order valence-electron chi connectivity index (χ1n) is 8.94. The zero-order valence-corrected chi connectivity index (χ0v) is 15.9. The lowest BCUT2D eigenvalue weighted by Crippen LogP contribution is -2.40. The predicted octanol–water partition coefficient (Wildman–Crippen LogP) is 1.94. The van der Waals surface area contributed by atoms with Crippen LogP contribution in [0.3, 0.4) is 0 Å². The molecular formula is C17H26N6OS. The summed E-state index contributed by atoms with van der Waals surface area (Å²) in [6.45, 7) is 9.24. The second-order valence-corrected chi connectivity index (χ2v) is 7.67. The molecule has 1 aliphatic heterocycles. The van der Waals surface area contributed by atoms with Gasteiger partial charge in [0.1, 0.15) is 5.03 Å². The monoisotopic (exact) mass is 362 g/mol. The molecule has 1 fully saturated rings. The van der Waals surface area contributed by atoms with Gasteiger partial charge in [-0.05, 0) is 38.1 Å². The van der Waals surface area contributed by atoms with Crippen molar-refractivity contribution in [2.24, 2.45) is 0 Å². The minimum Gasteiger partial charge on any atom is -0.354 e.